The summed E-state index contributed by atoms with van der Waals surface area (Å²) in [5, 5.41) is 13.6. The first-order valence-electron chi connectivity index (χ1n) is 7.08. The zero-order valence-corrected chi connectivity index (χ0v) is 11.5. The SMILES string of the molecule is CCCC1CC1Nc1cc(C(=O)O)nc2ccccc12. The molecule has 0 radical (unpaired) electrons. The normalized spacial score (nSPS) is 20.9. The summed E-state index contributed by atoms with van der Waals surface area (Å²) in [5.41, 5.74) is 1.71. The van der Waals surface area contributed by atoms with Gasteiger partial charge in [0.05, 0.1) is 5.52 Å². The minimum atomic E-state index is -0.986. The molecule has 1 aliphatic rings. The van der Waals surface area contributed by atoms with E-state index in [2.05, 4.69) is 17.2 Å². The van der Waals surface area contributed by atoms with Gasteiger partial charge in [0.1, 0.15) is 0 Å². The van der Waals surface area contributed by atoms with E-state index >= 15 is 0 Å². The molecule has 4 heteroatoms. The Hall–Kier alpha value is -2.10. The van der Waals surface area contributed by atoms with Gasteiger partial charge in [-0.3, -0.25) is 0 Å². The van der Waals surface area contributed by atoms with Gasteiger partial charge in [0.25, 0.3) is 0 Å². The highest BCUT2D eigenvalue weighted by molar-refractivity contribution is 5.97. The molecule has 0 spiro atoms. The molecule has 2 N–H and O–H groups in total. The smallest absolute Gasteiger partial charge is 0.354 e. The number of carboxylic acid groups (broad SMARTS) is 1. The van der Waals surface area contributed by atoms with Gasteiger partial charge in [-0.05, 0) is 30.9 Å². The lowest BCUT2D eigenvalue weighted by molar-refractivity contribution is 0.0691. The summed E-state index contributed by atoms with van der Waals surface area (Å²) in [6.07, 6.45) is 3.60. The summed E-state index contributed by atoms with van der Waals surface area (Å²) in [6, 6.07) is 9.78. The maximum Gasteiger partial charge on any atom is 0.354 e. The van der Waals surface area contributed by atoms with Crippen LogP contribution in [0.15, 0.2) is 30.3 Å². The molecule has 3 rings (SSSR count). The number of rotatable bonds is 5. The van der Waals surface area contributed by atoms with E-state index in [1.165, 1.54) is 19.3 Å². The van der Waals surface area contributed by atoms with E-state index in [4.69, 9.17) is 5.11 Å². The number of aromatic carboxylic acids is 1. The van der Waals surface area contributed by atoms with Crippen LogP contribution in [0, 0.1) is 5.92 Å². The Labute approximate surface area is 117 Å². The van der Waals surface area contributed by atoms with E-state index < -0.39 is 5.97 Å². The van der Waals surface area contributed by atoms with Crippen LogP contribution >= 0.6 is 0 Å². The van der Waals surface area contributed by atoms with Crippen molar-refractivity contribution in [2.45, 2.75) is 32.2 Å². The second kappa shape index (κ2) is 5.12. The van der Waals surface area contributed by atoms with Gasteiger partial charge in [-0.15, -0.1) is 0 Å². The van der Waals surface area contributed by atoms with Gasteiger partial charge in [-0.1, -0.05) is 31.5 Å². The number of nitrogens with one attached hydrogen (secondary N) is 1. The van der Waals surface area contributed by atoms with E-state index in [1.807, 2.05) is 24.3 Å². The fourth-order valence-electron chi connectivity index (χ4n) is 2.72. The standard InChI is InChI=1S/C16H18N2O2/c1-2-5-10-8-13(10)18-14-9-15(16(19)20)17-12-7-4-3-6-11(12)14/h3-4,6-7,9-10,13H,2,5,8H2,1H3,(H,17,18)(H,19,20). The predicted octanol–water partition coefficient (Wildman–Crippen LogP) is 3.53. The fraction of sp³-hybridized carbons (Fsp3) is 0.375. The Morgan fingerprint density at radius 1 is 1.45 bits per heavy atom. The van der Waals surface area contributed by atoms with Gasteiger partial charge >= 0.3 is 5.97 Å². The molecule has 1 aromatic carbocycles. The molecular weight excluding hydrogens is 252 g/mol. The largest absolute Gasteiger partial charge is 0.477 e. The Morgan fingerprint density at radius 3 is 3.00 bits per heavy atom. The average Bonchev–Trinajstić information content (AvgIpc) is 3.17. The number of carbonyl (C=O) groups is 1. The number of nitrogens with zero attached hydrogens (tertiary/aromatic N) is 1. The lowest BCUT2D eigenvalue weighted by Gasteiger charge is -2.10. The molecule has 4 nitrogen and oxygen atoms in total. The first kappa shape index (κ1) is 12.9. The summed E-state index contributed by atoms with van der Waals surface area (Å²) in [7, 11) is 0. The Morgan fingerprint density at radius 2 is 2.25 bits per heavy atom. The Balaban J connectivity index is 1.94. The van der Waals surface area contributed by atoms with Crippen molar-refractivity contribution < 1.29 is 9.90 Å². The van der Waals surface area contributed by atoms with Crippen LogP contribution in [0.3, 0.4) is 0 Å². The summed E-state index contributed by atoms with van der Waals surface area (Å²) in [5.74, 6) is -0.264. The quantitative estimate of drug-likeness (QED) is 0.872. The van der Waals surface area contributed by atoms with Gasteiger partial charge in [-0.25, -0.2) is 9.78 Å². The summed E-state index contributed by atoms with van der Waals surface area (Å²) in [6.45, 7) is 2.19. The van der Waals surface area contributed by atoms with Crippen LogP contribution in [0.2, 0.25) is 0 Å². The number of carboxylic acids is 1. The van der Waals surface area contributed by atoms with Crippen molar-refractivity contribution in [2.75, 3.05) is 5.32 Å². The second-order valence-corrected chi connectivity index (χ2v) is 5.41. The van der Waals surface area contributed by atoms with Crippen molar-refractivity contribution in [2.24, 2.45) is 5.92 Å². The number of hydrogen-bond acceptors (Lipinski definition) is 3. The van der Waals surface area contributed by atoms with Gasteiger partial charge in [0.15, 0.2) is 5.69 Å². The van der Waals surface area contributed by atoms with E-state index in [0.29, 0.717) is 6.04 Å². The molecule has 1 fully saturated rings. The Kier molecular flexibility index (Phi) is 3.30. The van der Waals surface area contributed by atoms with Crippen LogP contribution in [-0.2, 0) is 0 Å². The van der Waals surface area contributed by atoms with E-state index in [-0.39, 0.29) is 5.69 Å². The van der Waals surface area contributed by atoms with Crippen molar-refractivity contribution in [1.29, 1.82) is 0 Å². The molecule has 0 amide bonds. The minimum Gasteiger partial charge on any atom is -0.477 e. The molecule has 0 saturated heterocycles. The highest BCUT2D eigenvalue weighted by Gasteiger charge is 2.36. The Bertz CT molecular complexity index is 654. The average molecular weight is 270 g/mol. The lowest BCUT2D eigenvalue weighted by atomic mass is 10.1. The highest BCUT2D eigenvalue weighted by atomic mass is 16.4. The molecule has 104 valence electrons. The third-order valence-corrected chi connectivity index (χ3v) is 3.86. The third kappa shape index (κ3) is 2.46. The molecule has 0 aliphatic heterocycles. The number of hydrogen-bond donors (Lipinski definition) is 2. The van der Waals surface area contributed by atoms with Crippen LogP contribution in [0.1, 0.15) is 36.7 Å². The van der Waals surface area contributed by atoms with Crippen LogP contribution in [0.4, 0.5) is 5.69 Å². The predicted molar refractivity (Wildman–Crippen MR) is 79.1 cm³/mol. The number of benzene rings is 1. The van der Waals surface area contributed by atoms with E-state index in [9.17, 15) is 4.79 Å². The molecule has 1 aromatic heterocycles. The third-order valence-electron chi connectivity index (χ3n) is 3.86. The molecule has 1 saturated carbocycles. The van der Waals surface area contributed by atoms with Crippen LogP contribution in [0.5, 0.6) is 0 Å². The number of pyridine rings is 1. The fourth-order valence-corrected chi connectivity index (χ4v) is 2.72. The van der Waals surface area contributed by atoms with Crippen LogP contribution in [0.25, 0.3) is 10.9 Å². The zero-order chi connectivity index (χ0) is 14.1. The molecular formula is C16H18N2O2. The summed E-state index contributed by atoms with van der Waals surface area (Å²) < 4.78 is 0. The van der Waals surface area contributed by atoms with E-state index in [1.54, 1.807) is 6.07 Å². The highest BCUT2D eigenvalue weighted by Crippen LogP contribution is 2.38. The van der Waals surface area contributed by atoms with Gasteiger partial charge in [-0.2, -0.15) is 0 Å². The molecule has 1 aliphatic carbocycles. The number of anilines is 1. The second-order valence-electron chi connectivity index (χ2n) is 5.41. The van der Waals surface area contributed by atoms with Crippen molar-refractivity contribution >= 4 is 22.6 Å². The minimum absolute atomic E-state index is 0.0962. The maximum absolute atomic E-state index is 11.2. The topological polar surface area (TPSA) is 62.2 Å². The zero-order valence-electron chi connectivity index (χ0n) is 11.5. The van der Waals surface area contributed by atoms with Gasteiger partial charge in [0, 0.05) is 17.1 Å². The molecule has 2 unspecified atom stereocenters. The first-order chi connectivity index (χ1) is 9.69. The summed E-state index contributed by atoms with van der Waals surface area (Å²) >= 11 is 0. The van der Waals surface area contributed by atoms with Crippen molar-refractivity contribution in [3.63, 3.8) is 0 Å². The van der Waals surface area contributed by atoms with Crippen molar-refractivity contribution in [1.82, 2.24) is 4.98 Å². The lowest BCUT2D eigenvalue weighted by Crippen LogP contribution is -2.08. The summed E-state index contributed by atoms with van der Waals surface area (Å²) in [4.78, 5) is 15.4. The molecule has 2 aromatic rings. The maximum atomic E-state index is 11.2. The number of fused-ring (bicyclic) bond motifs is 1. The molecule has 20 heavy (non-hydrogen) atoms. The van der Waals surface area contributed by atoms with Gasteiger partial charge in [0.2, 0.25) is 0 Å². The molecule has 1 heterocycles. The monoisotopic (exact) mass is 270 g/mol. The van der Waals surface area contributed by atoms with Crippen molar-refractivity contribution in [3.8, 4) is 0 Å². The van der Waals surface area contributed by atoms with Crippen LogP contribution < -0.4 is 5.32 Å². The van der Waals surface area contributed by atoms with Crippen molar-refractivity contribution in [3.05, 3.63) is 36.0 Å². The van der Waals surface area contributed by atoms with Gasteiger partial charge < -0.3 is 10.4 Å². The van der Waals surface area contributed by atoms with E-state index in [0.717, 1.165) is 22.5 Å². The number of aromatic nitrogens is 1. The van der Waals surface area contributed by atoms with Crippen LogP contribution in [-0.4, -0.2) is 22.1 Å². The number of para-hydroxylation sites is 1. The molecule has 0 bridgehead atoms. The first-order valence-corrected chi connectivity index (χ1v) is 7.08. The molecule has 2 atom stereocenters.